The SMILES string of the molecule is O=C(c1ccc(O)c(O)c1)c1ccc(O)c(C(=O)c2c[c]c(O)cc2)c1. The smallest absolute Gasteiger partial charge is 0.196 e. The summed E-state index contributed by atoms with van der Waals surface area (Å²) in [6, 6.07) is 13.9. The Morgan fingerprint density at radius 1 is 0.654 bits per heavy atom. The molecule has 0 saturated heterocycles. The minimum atomic E-state index is -0.540. The predicted octanol–water partition coefficient (Wildman–Crippen LogP) is 2.77. The summed E-state index contributed by atoms with van der Waals surface area (Å²) in [5.74, 6) is -2.25. The molecule has 0 aliphatic rings. The Morgan fingerprint density at radius 2 is 1.27 bits per heavy atom. The van der Waals surface area contributed by atoms with Gasteiger partial charge in [-0.25, -0.2) is 0 Å². The lowest BCUT2D eigenvalue weighted by Crippen LogP contribution is -2.06. The Hall–Kier alpha value is -3.80. The third-order valence-corrected chi connectivity index (χ3v) is 3.80. The Balaban J connectivity index is 1.99. The van der Waals surface area contributed by atoms with Gasteiger partial charge in [0.15, 0.2) is 23.1 Å². The molecule has 0 fully saturated rings. The maximum Gasteiger partial charge on any atom is 0.196 e. The highest BCUT2D eigenvalue weighted by Crippen LogP contribution is 2.28. The monoisotopic (exact) mass is 349 g/mol. The zero-order valence-corrected chi connectivity index (χ0v) is 13.3. The Morgan fingerprint density at radius 3 is 1.88 bits per heavy atom. The molecule has 0 bridgehead atoms. The number of phenolic OH excluding ortho intramolecular Hbond substituents is 4. The van der Waals surface area contributed by atoms with Crippen molar-refractivity contribution in [3.8, 4) is 23.0 Å². The average molecular weight is 349 g/mol. The van der Waals surface area contributed by atoms with E-state index in [0.717, 1.165) is 6.07 Å². The van der Waals surface area contributed by atoms with Gasteiger partial charge in [-0.15, -0.1) is 0 Å². The summed E-state index contributed by atoms with van der Waals surface area (Å²) >= 11 is 0. The highest BCUT2D eigenvalue weighted by Gasteiger charge is 2.18. The van der Waals surface area contributed by atoms with Gasteiger partial charge in [0, 0.05) is 22.8 Å². The zero-order valence-electron chi connectivity index (χ0n) is 13.3. The van der Waals surface area contributed by atoms with Gasteiger partial charge in [-0.3, -0.25) is 9.59 Å². The number of carbonyl (C=O) groups is 2. The van der Waals surface area contributed by atoms with Crippen LogP contribution in [-0.2, 0) is 0 Å². The molecule has 0 heterocycles. The van der Waals surface area contributed by atoms with Crippen LogP contribution >= 0.6 is 0 Å². The summed E-state index contributed by atoms with van der Waals surface area (Å²) in [5.41, 5.74) is 0.337. The number of hydrogen-bond donors (Lipinski definition) is 4. The first-order valence-electron chi connectivity index (χ1n) is 7.52. The van der Waals surface area contributed by atoms with E-state index in [2.05, 4.69) is 6.07 Å². The molecule has 0 aliphatic carbocycles. The van der Waals surface area contributed by atoms with E-state index < -0.39 is 17.3 Å². The largest absolute Gasteiger partial charge is 0.507 e. The molecule has 0 amide bonds. The maximum atomic E-state index is 12.6. The fraction of sp³-hybridized carbons (Fsp3) is 0. The second kappa shape index (κ2) is 6.60. The molecular weight excluding hydrogens is 336 g/mol. The van der Waals surface area contributed by atoms with Gasteiger partial charge < -0.3 is 20.4 Å². The fourth-order valence-corrected chi connectivity index (χ4v) is 2.40. The summed E-state index contributed by atoms with van der Waals surface area (Å²) < 4.78 is 0. The van der Waals surface area contributed by atoms with Crippen molar-refractivity contribution in [2.24, 2.45) is 0 Å². The second-order valence-electron chi connectivity index (χ2n) is 5.56. The quantitative estimate of drug-likeness (QED) is 0.425. The molecule has 1 radical (unpaired) electrons. The molecule has 6 nitrogen and oxygen atoms in total. The number of carbonyl (C=O) groups excluding carboxylic acids is 2. The van der Waals surface area contributed by atoms with Gasteiger partial charge in [0.05, 0.1) is 5.56 Å². The van der Waals surface area contributed by atoms with Gasteiger partial charge in [-0.2, -0.15) is 0 Å². The normalized spacial score (nSPS) is 10.5. The molecule has 6 heteroatoms. The van der Waals surface area contributed by atoms with Crippen LogP contribution in [0.15, 0.2) is 54.6 Å². The lowest BCUT2D eigenvalue weighted by atomic mass is 9.96. The highest BCUT2D eigenvalue weighted by molar-refractivity contribution is 6.14. The second-order valence-corrected chi connectivity index (χ2v) is 5.56. The van der Waals surface area contributed by atoms with E-state index in [0.29, 0.717) is 0 Å². The van der Waals surface area contributed by atoms with Crippen LogP contribution in [0.1, 0.15) is 31.8 Å². The standard InChI is InChI=1S/C20H13O6/c21-14-5-1-11(2-6-14)20(26)15-9-12(3-7-16(15)22)19(25)13-4-8-17(23)18(24)10-13/h1-5,7-10,21-24H. The Kier molecular flexibility index (Phi) is 4.33. The van der Waals surface area contributed by atoms with Gasteiger partial charge in [0.25, 0.3) is 0 Å². The number of rotatable bonds is 4. The van der Waals surface area contributed by atoms with Gasteiger partial charge in [-0.05, 0) is 54.6 Å². The molecule has 3 aromatic carbocycles. The molecule has 0 aliphatic heterocycles. The van der Waals surface area contributed by atoms with Crippen molar-refractivity contribution in [3.63, 3.8) is 0 Å². The third-order valence-electron chi connectivity index (χ3n) is 3.80. The van der Waals surface area contributed by atoms with Crippen molar-refractivity contribution in [1.82, 2.24) is 0 Å². The third kappa shape index (κ3) is 3.21. The molecule has 0 aromatic heterocycles. The van der Waals surface area contributed by atoms with E-state index in [1.165, 1.54) is 48.5 Å². The van der Waals surface area contributed by atoms with Crippen LogP contribution in [0.2, 0.25) is 0 Å². The van der Waals surface area contributed by atoms with Gasteiger partial charge in [0.2, 0.25) is 0 Å². The van der Waals surface area contributed by atoms with Crippen LogP contribution in [0.5, 0.6) is 23.0 Å². The fourth-order valence-electron chi connectivity index (χ4n) is 2.40. The van der Waals surface area contributed by atoms with Crippen LogP contribution in [0.25, 0.3) is 0 Å². The first-order chi connectivity index (χ1) is 12.4. The summed E-state index contributed by atoms with van der Waals surface area (Å²) in [5, 5.41) is 38.1. The number of benzene rings is 3. The van der Waals surface area contributed by atoms with Crippen LogP contribution in [0, 0.1) is 6.07 Å². The summed E-state index contributed by atoms with van der Waals surface area (Å²) in [7, 11) is 0. The molecule has 3 rings (SSSR count). The van der Waals surface area contributed by atoms with Crippen molar-refractivity contribution in [1.29, 1.82) is 0 Å². The van der Waals surface area contributed by atoms with Crippen LogP contribution < -0.4 is 0 Å². The van der Waals surface area contributed by atoms with E-state index in [1.54, 1.807) is 0 Å². The minimum absolute atomic E-state index is 0.0852. The van der Waals surface area contributed by atoms with E-state index >= 15 is 0 Å². The first-order valence-corrected chi connectivity index (χ1v) is 7.52. The lowest BCUT2D eigenvalue weighted by Gasteiger charge is -2.08. The van der Waals surface area contributed by atoms with Crippen LogP contribution in [-0.4, -0.2) is 32.0 Å². The molecule has 0 saturated carbocycles. The van der Waals surface area contributed by atoms with Crippen molar-refractivity contribution >= 4 is 11.6 Å². The minimum Gasteiger partial charge on any atom is -0.507 e. The van der Waals surface area contributed by atoms with Crippen molar-refractivity contribution in [3.05, 3.63) is 82.9 Å². The molecular formula is C20H13O6. The lowest BCUT2D eigenvalue weighted by molar-refractivity contribution is 0.103. The predicted molar refractivity (Wildman–Crippen MR) is 91.7 cm³/mol. The Labute approximate surface area is 148 Å². The van der Waals surface area contributed by atoms with E-state index in [9.17, 15) is 30.0 Å². The van der Waals surface area contributed by atoms with Gasteiger partial charge in [0.1, 0.15) is 11.5 Å². The first kappa shape index (κ1) is 17.0. The van der Waals surface area contributed by atoms with E-state index in [-0.39, 0.29) is 39.5 Å². The molecule has 0 atom stereocenters. The van der Waals surface area contributed by atoms with Gasteiger partial charge >= 0.3 is 0 Å². The molecule has 4 N–H and O–H groups in total. The summed E-state index contributed by atoms with van der Waals surface area (Å²) in [4.78, 5) is 25.1. The van der Waals surface area contributed by atoms with Crippen molar-refractivity contribution < 1.29 is 30.0 Å². The number of phenols is 4. The molecule has 129 valence electrons. The Bertz CT molecular complexity index is 1010. The highest BCUT2D eigenvalue weighted by atomic mass is 16.3. The molecule has 26 heavy (non-hydrogen) atoms. The molecule has 0 unspecified atom stereocenters. The maximum absolute atomic E-state index is 12.6. The number of aromatic hydroxyl groups is 4. The van der Waals surface area contributed by atoms with E-state index in [4.69, 9.17) is 0 Å². The molecule has 0 spiro atoms. The zero-order chi connectivity index (χ0) is 18.8. The molecule has 3 aromatic rings. The summed E-state index contributed by atoms with van der Waals surface area (Å²) in [6.45, 7) is 0. The van der Waals surface area contributed by atoms with Crippen LogP contribution in [0.3, 0.4) is 0 Å². The average Bonchev–Trinajstić information content (AvgIpc) is 2.64. The van der Waals surface area contributed by atoms with E-state index in [1.807, 2.05) is 0 Å². The number of hydrogen-bond acceptors (Lipinski definition) is 6. The van der Waals surface area contributed by atoms with Crippen LogP contribution in [0.4, 0.5) is 0 Å². The van der Waals surface area contributed by atoms with Crippen molar-refractivity contribution in [2.45, 2.75) is 0 Å². The summed E-state index contributed by atoms with van der Waals surface area (Å²) in [6.07, 6.45) is 0. The number of ketones is 2. The van der Waals surface area contributed by atoms with Gasteiger partial charge in [-0.1, -0.05) is 0 Å². The van der Waals surface area contributed by atoms with Crippen molar-refractivity contribution in [2.75, 3.05) is 0 Å². The topological polar surface area (TPSA) is 115 Å².